The molecule has 0 aliphatic heterocycles. The van der Waals surface area contributed by atoms with E-state index in [1.807, 2.05) is 32.0 Å². The van der Waals surface area contributed by atoms with Crippen LogP contribution in [-0.2, 0) is 10.0 Å². The highest BCUT2D eigenvalue weighted by Gasteiger charge is 2.18. The summed E-state index contributed by atoms with van der Waals surface area (Å²) in [6.45, 7) is 4.18. The van der Waals surface area contributed by atoms with Gasteiger partial charge < -0.3 is 5.32 Å². The van der Waals surface area contributed by atoms with Crippen molar-refractivity contribution in [2.24, 2.45) is 0 Å². The first-order chi connectivity index (χ1) is 11.7. The van der Waals surface area contributed by atoms with Crippen molar-refractivity contribution >= 4 is 33.2 Å². The van der Waals surface area contributed by atoms with Crippen LogP contribution in [0.4, 0.5) is 5.69 Å². The SMILES string of the molecule is Cc1cc(C)cc(N(CCNC(=O)c2ccc(Cl)cc2)S(C)(=O)=O)c1. The summed E-state index contributed by atoms with van der Waals surface area (Å²) in [4.78, 5) is 12.1. The molecule has 0 heterocycles. The topological polar surface area (TPSA) is 66.5 Å². The molecule has 0 saturated carbocycles. The van der Waals surface area contributed by atoms with Gasteiger partial charge in [0.15, 0.2) is 0 Å². The average molecular weight is 381 g/mol. The van der Waals surface area contributed by atoms with Gasteiger partial charge in [-0.3, -0.25) is 9.10 Å². The summed E-state index contributed by atoms with van der Waals surface area (Å²) in [7, 11) is -3.46. The van der Waals surface area contributed by atoms with Gasteiger partial charge in [0, 0.05) is 17.1 Å². The molecule has 2 aromatic rings. The van der Waals surface area contributed by atoms with Gasteiger partial charge in [0.1, 0.15) is 0 Å². The van der Waals surface area contributed by atoms with E-state index >= 15 is 0 Å². The van der Waals surface area contributed by atoms with Crippen LogP contribution in [0.2, 0.25) is 5.02 Å². The Morgan fingerprint density at radius 2 is 1.64 bits per heavy atom. The fourth-order valence-corrected chi connectivity index (χ4v) is 3.59. The molecular weight excluding hydrogens is 360 g/mol. The van der Waals surface area contributed by atoms with E-state index in [2.05, 4.69) is 5.32 Å². The van der Waals surface area contributed by atoms with Crippen LogP contribution < -0.4 is 9.62 Å². The zero-order valence-electron chi connectivity index (χ0n) is 14.4. The molecule has 0 aromatic heterocycles. The van der Waals surface area contributed by atoms with E-state index in [0.29, 0.717) is 16.3 Å². The van der Waals surface area contributed by atoms with Crippen LogP contribution in [0.25, 0.3) is 0 Å². The Morgan fingerprint density at radius 1 is 1.08 bits per heavy atom. The van der Waals surface area contributed by atoms with Crippen LogP contribution in [0.5, 0.6) is 0 Å². The van der Waals surface area contributed by atoms with Gasteiger partial charge in [-0.1, -0.05) is 17.7 Å². The fourth-order valence-electron chi connectivity index (χ4n) is 2.56. The largest absolute Gasteiger partial charge is 0.350 e. The molecule has 0 bridgehead atoms. The molecule has 0 unspecified atom stereocenters. The number of amides is 1. The lowest BCUT2D eigenvalue weighted by Crippen LogP contribution is -2.38. The van der Waals surface area contributed by atoms with Gasteiger partial charge in [-0.15, -0.1) is 0 Å². The lowest BCUT2D eigenvalue weighted by atomic mass is 10.1. The number of benzene rings is 2. The molecule has 1 amide bonds. The van der Waals surface area contributed by atoms with E-state index in [1.54, 1.807) is 24.3 Å². The third-order valence-corrected chi connectivity index (χ3v) is 5.05. The number of sulfonamides is 1. The first-order valence-corrected chi connectivity index (χ1v) is 9.99. The van der Waals surface area contributed by atoms with Crippen LogP contribution in [0.15, 0.2) is 42.5 Å². The zero-order valence-corrected chi connectivity index (χ0v) is 16.0. The van der Waals surface area contributed by atoms with Gasteiger partial charge in [-0.05, 0) is 61.4 Å². The Kier molecular flexibility index (Phi) is 6.08. The number of nitrogens with one attached hydrogen (secondary N) is 1. The quantitative estimate of drug-likeness (QED) is 0.837. The molecule has 0 fully saturated rings. The minimum absolute atomic E-state index is 0.154. The third-order valence-electron chi connectivity index (χ3n) is 3.60. The van der Waals surface area contributed by atoms with Gasteiger partial charge in [-0.25, -0.2) is 8.42 Å². The number of halogens is 1. The molecular formula is C18H21ClN2O3S. The van der Waals surface area contributed by atoms with Gasteiger partial charge in [-0.2, -0.15) is 0 Å². The van der Waals surface area contributed by atoms with Crippen LogP contribution in [0.1, 0.15) is 21.5 Å². The summed E-state index contributed by atoms with van der Waals surface area (Å²) >= 11 is 5.80. The zero-order chi connectivity index (χ0) is 18.6. The highest BCUT2D eigenvalue weighted by molar-refractivity contribution is 7.92. The van der Waals surface area contributed by atoms with E-state index in [9.17, 15) is 13.2 Å². The molecule has 25 heavy (non-hydrogen) atoms. The highest BCUT2D eigenvalue weighted by atomic mass is 35.5. The van der Waals surface area contributed by atoms with E-state index in [-0.39, 0.29) is 19.0 Å². The van der Waals surface area contributed by atoms with Crippen molar-refractivity contribution in [2.75, 3.05) is 23.7 Å². The van der Waals surface area contributed by atoms with Gasteiger partial charge in [0.2, 0.25) is 10.0 Å². The maximum absolute atomic E-state index is 12.1. The minimum Gasteiger partial charge on any atom is -0.350 e. The third kappa shape index (κ3) is 5.47. The van der Waals surface area contributed by atoms with Crippen molar-refractivity contribution in [3.05, 3.63) is 64.2 Å². The maximum atomic E-state index is 12.1. The van der Waals surface area contributed by atoms with E-state index < -0.39 is 10.0 Å². The number of hydrogen-bond acceptors (Lipinski definition) is 3. The number of rotatable bonds is 6. The monoisotopic (exact) mass is 380 g/mol. The van der Waals surface area contributed by atoms with Crippen molar-refractivity contribution < 1.29 is 13.2 Å². The van der Waals surface area contributed by atoms with Crippen LogP contribution in [-0.4, -0.2) is 33.7 Å². The van der Waals surface area contributed by atoms with Gasteiger partial charge >= 0.3 is 0 Å². The molecule has 5 nitrogen and oxygen atoms in total. The summed E-state index contributed by atoms with van der Waals surface area (Å²) in [6, 6.07) is 12.1. The molecule has 0 radical (unpaired) electrons. The Labute approximate surface area is 153 Å². The Hall–Kier alpha value is -2.05. The summed E-state index contributed by atoms with van der Waals surface area (Å²) in [5.74, 6) is -0.273. The van der Waals surface area contributed by atoms with Crippen molar-refractivity contribution in [1.82, 2.24) is 5.32 Å². The molecule has 0 spiro atoms. The number of aryl methyl sites for hydroxylation is 2. The van der Waals surface area contributed by atoms with Gasteiger partial charge in [0.05, 0.1) is 18.5 Å². The maximum Gasteiger partial charge on any atom is 0.251 e. The normalized spacial score (nSPS) is 11.2. The van der Waals surface area contributed by atoms with E-state index in [0.717, 1.165) is 17.4 Å². The second-order valence-corrected chi connectivity index (χ2v) is 8.29. The number of nitrogens with zero attached hydrogens (tertiary/aromatic N) is 1. The Morgan fingerprint density at radius 3 is 2.16 bits per heavy atom. The van der Waals surface area contributed by atoms with Crippen molar-refractivity contribution in [1.29, 1.82) is 0 Å². The number of anilines is 1. The molecule has 2 aromatic carbocycles. The Bertz CT molecular complexity index is 844. The molecule has 0 aliphatic rings. The lowest BCUT2D eigenvalue weighted by molar-refractivity contribution is 0.0955. The standard InChI is InChI=1S/C18H21ClN2O3S/c1-13-10-14(2)12-17(11-13)21(25(3,23)24)9-8-20-18(22)15-4-6-16(19)7-5-15/h4-7,10-12H,8-9H2,1-3H3,(H,20,22). The molecule has 7 heteroatoms. The number of hydrogen-bond donors (Lipinski definition) is 1. The molecule has 134 valence electrons. The second kappa shape index (κ2) is 7.89. The predicted octanol–water partition coefficient (Wildman–Crippen LogP) is 3.15. The van der Waals surface area contributed by atoms with E-state index in [4.69, 9.17) is 11.6 Å². The smallest absolute Gasteiger partial charge is 0.251 e. The van der Waals surface area contributed by atoms with E-state index in [1.165, 1.54) is 4.31 Å². The lowest BCUT2D eigenvalue weighted by Gasteiger charge is -2.23. The highest BCUT2D eigenvalue weighted by Crippen LogP contribution is 2.21. The summed E-state index contributed by atoms with van der Waals surface area (Å²) in [5, 5.41) is 3.28. The average Bonchev–Trinajstić information content (AvgIpc) is 2.49. The molecule has 1 N–H and O–H groups in total. The van der Waals surface area contributed by atoms with Crippen molar-refractivity contribution in [3.8, 4) is 0 Å². The molecule has 0 aliphatic carbocycles. The van der Waals surface area contributed by atoms with Crippen LogP contribution in [0, 0.1) is 13.8 Å². The molecule has 2 rings (SSSR count). The first kappa shape index (κ1) is 19.3. The predicted molar refractivity (Wildman–Crippen MR) is 102 cm³/mol. The summed E-state index contributed by atoms with van der Waals surface area (Å²) < 4.78 is 25.6. The van der Waals surface area contributed by atoms with Crippen molar-refractivity contribution in [3.63, 3.8) is 0 Å². The Balaban J connectivity index is 2.08. The molecule has 0 atom stereocenters. The second-order valence-electron chi connectivity index (χ2n) is 5.94. The van der Waals surface area contributed by atoms with Crippen LogP contribution in [0.3, 0.4) is 0 Å². The van der Waals surface area contributed by atoms with Crippen LogP contribution >= 0.6 is 11.6 Å². The summed E-state index contributed by atoms with van der Waals surface area (Å²) in [6.07, 6.45) is 1.16. The number of carbonyl (C=O) groups excluding carboxylic acids is 1. The fraction of sp³-hybridized carbons (Fsp3) is 0.278. The minimum atomic E-state index is -3.46. The summed E-state index contributed by atoms with van der Waals surface area (Å²) in [5.41, 5.74) is 3.03. The molecule has 0 saturated heterocycles. The van der Waals surface area contributed by atoms with Gasteiger partial charge in [0.25, 0.3) is 5.91 Å². The number of carbonyl (C=O) groups is 1. The van der Waals surface area contributed by atoms with Crippen molar-refractivity contribution in [2.45, 2.75) is 13.8 Å². The first-order valence-electron chi connectivity index (χ1n) is 7.76.